The van der Waals surface area contributed by atoms with E-state index in [1.54, 1.807) is 0 Å². The van der Waals surface area contributed by atoms with Crippen LogP contribution in [-0.2, 0) is 24.3 Å². The molecule has 204 valence electrons. The van der Waals surface area contributed by atoms with Crippen LogP contribution in [0.15, 0.2) is 84.9 Å². The number of benzene rings is 4. The fraction of sp³-hybridized carbons (Fsp3) is 0.182. The number of carbonyl (C=O) groups is 1. The van der Waals surface area contributed by atoms with Crippen molar-refractivity contribution in [2.75, 3.05) is 13.2 Å². The first-order valence-electron chi connectivity index (χ1n) is 13.7. The van der Waals surface area contributed by atoms with Crippen LogP contribution in [0.4, 0.5) is 0 Å². The predicted molar refractivity (Wildman–Crippen MR) is 160 cm³/mol. The molecule has 0 unspecified atom stereocenters. The summed E-state index contributed by atoms with van der Waals surface area (Å²) < 4.78 is 28.4. The van der Waals surface area contributed by atoms with E-state index in [4.69, 9.17) is 14.2 Å². The van der Waals surface area contributed by atoms with Gasteiger partial charge in [0.05, 0.1) is 30.5 Å². The van der Waals surface area contributed by atoms with Gasteiger partial charge in [-0.3, -0.25) is 0 Å². The van der Waals surface area contributed by atoms with Crippen molar-refractivity contribution in [2.45, 2.75) is 26.5 Å². The molecular weight excluding hydrogens is 534 g/mol. The normalized spacial score (nSPS) is 12.4. The Hall–Kier alpha value is -4.69. The molecule has 0 amide bonds. The molecule has 0 N–H and O–H groups in total. The van der Waals surface area contributed by atoms with Crippen molar-refractivity contribution in [3.63, 3.8) is 0 Å². The average Bonchev–Trinajstić information content (AvgIpc) is 3.74. The number of esters is 1. The Kier molecular flexibility index (Phi) is 6.60. The fourth-order valence-corrected chi connectivity index (χ4v) is 6.00. The van der Waals surface area contributed by atoms with Crippen LogP contribution in [0.2, 0.25) is 0 Å². The van der Waals surface area contributed by atoms with Crippen LogP contribution < -0.4 is 9.47 Å². The minimum Gasteiger partial charge on any atom is -0.493 e. The summed E-state index contributed by atoms with van der Waals surface area (Å²) in [5, 5.41) is 0.954. The van der Waals surface area contributed by atoms with Crippen LogP contribution >= 0.6 is 11.7 Å². The fourth-order valence-electron chi connectivity index (χ4n) is 5.48. The lowest BCUT2D eigenvalue weighted by Gasteiger charge is -2.13. The van der Waals surface area contributed by atoms with E-state index in [0.717, 1.165) is 67.7 Å². The van der Waals surface area contributed by atoms with E-state index in [0.29, 0.717) is 25.5 Å². The summed E-state index contributed by atoms with van der Waals surface area (Å²) in [6.45, 7) is 3.67. The highest BCUT2D eigenvalue weighted by atomic mass is 32.1. The summed E-state index contributed by atoms with van der Waals surface area (Å²) in [7, 11) is 0. The van der Waals surface area contributed by atoms with Crippen LogP contribution in [0.1, 0.15) is 34.1 Å². The molecule has 1 aliphatic rings. The van der Waals surface area contributed by atoms with Crippen LogP contribution in [-0.4, -0.2) is 32.5 Å². The third kappa shape index (κ3) is 4.80. The second-order valence-corrected chi connectivity index (χ2v) is 10.5. The molecule has 3 heterocycles. The molecule has 0 bridgehead atoms. The summed E-state index contributed by atoms with van der Waals surface area (Å²) in [4.78, 5) is 13.7. The van der Waals surface area contributed by atoms with Crippen LogP contribution in [0.25, 0.3) is 33.1 Å². The van der Waals surface area contributed by atoms with E-state index in [-0.39, 0.29) is 12.6 Å². The van der Waals surface area contributed by atoms with E-state index >= 15 is 0 Å². The zero-order valence-electron chi connectivity index (χ0n) is 22.5. The van der Waals surface area contributed by atoms with Gasteiger partial charge < -0.3 is 18.8 Å². The zero-order chi connectivity index (χ0) is 27.8. The third-order valence-corrected chi connectivity index (χ3v) is 7.95. The number of hydrogen-bond acceptors (Lipinski definition) is 7. The van der Waals surface area contributed by atoms with E-state index < -0.39 is 0 Å². The van der Waals surface area contributed by atoms with Gasteiger partial charge in [0.2, 0.25) is 0 Å². The maximum absolute atomic E-state index is 13.7. The number of hydrogen-bond donors (Lipinski definition) is 0. The van der Waals surface area contributed by atoms with Gasteiger partial charge in [-0.25, -0.2) is 4.79 Å². The summed E-state index contributed by atoms with van der Waals surface area (Å²) in [5.41, 5.74) is 8.14. The lowest BCUT2D eigenvalue weighted by Crippen LogP contribution is -2.14. The molecule has 41 heavy (non-hydrogen) atoms. The zero-order valence-corrected chi connectivity index (χ0v) is 23.3. The second-order valence-electron chi connectivity index (χ2n) is 9.99. The summed E-state index contributed by atoms with van der Waals surface area (Å²) in [5.74, 6) is 1.26. The van der Waals surface area contributed by atoms with Gasteiger partial charge in [-0.05, 0) is 65.6 Å². The molecule has 7 rings (SSSR count). The van der Waals surface area contributed by atoms with Crippen molar-refractivity contribution in [1.82, 2.24) is 13.3 Å². The van der Waals surface area contributed by atoms with Gasteiger partial charge in [-0.1, -0.05) is 42.5 Å². The highest BCUT2D eigenvalue weighted by molar-refractivity contribution is 7.00. The van der Waals surface area contributed by atoms with Crippen molar-refractivity contribution in [3.05, 3.63) is 107 Å². The minimum atomic E-state index is -0.362. The van der Waals surface area contributed by atoms with Gasteiger partial charge in [0.1, 0.15) is 34.8 Å². The smallest absolute Gasteiger partial charge is 0.355 e. The van der Waals surface area contributed by atoms with E-state index in [2.05, 4.69) is 14.8 Å². The van der Waals surface area contributed by atoms with Gasteiger partial charge >= 0.3 is 5.97 Å². The number of carbonyl (C=O) groups excluding carboxylic acids is 1. The Bertz CT molecular complexity index is 1890. The quantitative estimate of drug-likeness (QED) is 0.185. The topological polar surface area (TPSA) is 75.5 Å². The van der Waals surface area contributed by atoms with Gasteiger partial charge in [-0.2, -0.15) is 8.75 Å². The SMILES string of the molecule is CCOC(=O)c1c(-c2ccc3c(c2)CCO3)c2ccc(OCc3ccccc3)cc2n1Cc1ccc2nsnc2c1. The van der Waals surface area contributed by atoms with Crippen molar-refractivity contribution < 1.29 is 19.0 Å². The maximum Gasteiger partial charge on any atom is 0.355 e. The second kappa shape index (κ2) is 10.7. The molecule has 2 aromatic heterocycles. The summed E-state index contributed by atoms with van der Waals surface area (Å²) >= 11 is 1.19. The number of nitrogens with zero attached hydrogens (tertiary/aromatic N) is 3. The monoisotopic (exact) mass is 561 g/mol. The molecule has 0 fully saturated rings. The summed E-state index contributed by atoms with van der Waals surface area (Å²) in [6.07, 6.45) is 0.843. The molecule has 1 aliphatic heterocycles. The lowest BCUT2D eigenvalue weighted by molar-refractivity contribution is 0.0516. The highest BCUT2D eigenvalue weighted by Crippen LogP contribution is 2.40. The molecule has 6 aromatic rings. The Morgan fingerprint density at radius 1 is 0.951 bits per heavy atom. The number of ether oxygens (including phenoxy) is 3. The average molecular weight is 562 g/mol. The molecule has 0 spiro atoms. The molecule has 8 heteroatoms. The lowest BCUT2D eigenvalue weighted by atomic mass is 9.98. The molecule has 0 radical (unpaired) electrons. The molecule has 0 aliphatic carbocycles. The number of fused-ring (bicyclic) bond motifs is 3. The largest absolute Gasteiger partial charge is 0.493 e. The Labute approximate surface area is 241 Å². The Morgan fingerprint density at radius 2 is 1.83 bits per heavy atom. The maximum atomic E-state index is 13.7. The highest BCUT2D eigenvalue weighted by Gasteiger charge is 2.27. The molecular formula is C33H27N3O4S. The van der Waals surface area contributed by atoms with Gasteiger partial charge in [-0.15, -0.1) is 0 Å². The number of aromatic nitrogens is 3. The van der Waals surface area contributed by atoms with Crippen molar-refractivity contribution in [2.24, 2.45) is 0 Å². The van der Waals surface area contributed by atoms with Crippen LogP contribution in [0, 0.1) is 0 Å². The summed E-state index contributed by atoms with van der Waals surface area (Å²) in [6, 6.07) is 28.3. The first-order valence-corrected chi connectivity index (χ1v) is 14.4. The predicted octanol–water partition coefficient (Wildman–Crippen LogP) is 7.05. The molecule has 0 saturated carbocycles. The van der Waals surface area contributed by atoms with Gasteiger partial charge in [0, 0.05) is 30.0 Å². The van der Waals surface area contributed by atoms with Crippen molar-refractivity contribution >= 4 is 39.6 Å². The Balaban J connectivity index is 1.40. The minimum absolute atomic E-state index is 0.277. The molecule has 4 aromatic carbocycles. The van der Waals surface area contributed by atoms with Gasteiger partial charge in [0.15, 0.2) is 0 Å². The van der Waals surface area contributed by atoms with Crippen molar-refractivity contribution in [1.29, 1.82) is 0 Å². The van der Waals surface area contributed by atoms with E-state index in [9.17, 15) is 4.79 Å². The molecule has 7 nitrogen and oxygen atoms in total. The number of rotatable bonds is 8. The van der Waals surface area contributed by atoms with Crippen LogP contribution in [0.5, 0.6) is 11.5 Å². The Morgan fingerprint density at radius 3 is 2.71 bits per heavy atom. The third-order valence-electron chi connectivity index (χ3n) is 7.39. The van der Waals surface area contributed by atoms with Crippen LogP contribution in [0.3, 0.4) is 0 Å². The first-order chi connectivity index (χ1) is 20.2. The van der Waals surface area contributed by atoms with Gasteiger partial charge in [0.25, 0.3) is 0 Å². The van der Waals surface area contributed by atoms with E-state index in [1.165, 1.54) is 11.7 Å². The standard InChI is InChI=1S/C33H27N3O4S/c1-2-38-33(37)32-31(24-9-13-30-23(17-24)14-15-39-30)26-11-10-25(40-20-21-6-4-3-5-7-21)18-29(26)36(32)19-22-8-12-27-28(16-22)35-41-34-27/h3-13,16-18H,2,14-15,19-20H2,1H3. The molecule has 0 saturated heterocycles. The van der Waals surface area contributed by atoms with Crippen molar-refractivity contribution in [3.8, 4) is 22.6 Å². The van der Waals surface area contributed by atoms with E-state index in [1.807, 2.05) is 90.4 Å². The molecule has 0 atom stereocenters. The first kappa shape index (κ1) is 25.3.